The van der Waals surface area contributed by atoms with E-state index in [0.29, 0.717) is 0 Å². The Balaban J connectivity index is 1.73. The minimum absolute atomic E-state index is 0.974. The van der Waals surface area contributed by atoms with E-state index in [4.69, 9.17) is 0 Å². The molecule has 2 aliphatic rings. The highest BCUT2D eigenvalue weighted by molar-refractivity contribution is 4.82. The van der Waals surface area contributed by atoms with Crippen LogP contribution in [0.3, 0.4) is 0 Å². The van der Waals surface area contributed by atoms with Crippen molar-refractivity contribution < 1.29 is 0 Å². The molecule has 2 fully saturated rings. The summed E-state index contributed by atoms with van der Waals surface area (Å²) in [6.07, 6.45) is 15.2. The van der Waals surface area contributed by atoms with Gasteiger partial charge < -0.3 is 0 Å². The average molecular weight is 250 g/mol. The Labute approximate surface area is 115 Å². The second kappa shape index (κ2) is 6.96. The maximum absolute atomic E-state index is 2.47. The molecule has 0 aromatic rings. The minimum Gasteiger partial charge on any atom is -0.0651 e. The van der Waals surface area contributed by atoms with Crippen LogP contribution in [0.15, 0.2) is 0 Å². The predicted molar refractivity (Wildman–Crippen MR) is 80.6 cm³/mol. The van der Waals surface area contributed by atoms with E-state index in [9.17, 15) is 0 Å². The molecule has 2 rings (SSSR count). The molecular formula is C18H34. The van der Waals surface area contributed by atoms with Gasteiger partial charge in [0.15, 0.2) is 0 Å². The summed E-state index contributed by atoms with van der Waals surface area (Å²) in [5, 5.41) is 0. The maximum atomic E-state index is 2.47. The quantitative estimate of drug-likeness (QED) is 0.569. The van der Waals surface area contributed by atoms with Gasteiger partial charge in [-0.25, -0.2) is 0 Å². The molecule has 1 atom stereocenters. The number of hydrogen-bond acceptors (Lipinski definition) is 0. The average Bonchev–Trinajstić information content (AvgIpc) is 2.47. The Bertz CT molecular complexity index is 216. The fraction of sp³-hybridized carbons (Fsp3) is 1.00. The minimum atomic E-state index is 0.974. The zero-order valence-electron chi connectivity index (χ0n) is 13.0. The first-order chi connectivity index (χ1) is 8.74. The molecule has 0 aromatic carbocycles. The smallest absolute Gasteiger partial charge is 0.0386 e. The van der Waals surface area contributed by atoms with Gasteiger partial charge in [-0.05, 0) is 68.1 Å². The number of rotatable bonds is 4. The lowest BCUT2D eigenvalue weighted by Gasteiger charge is -2.39. The first kappa shape index (κ1) is 14.4. The van der Waals surface area contributed by atoms with E-state index in [2.05, 4.69) is 20.8 Å². The van der Waals surface area contributed by atoms with Gasteiger partial charge in [-0.2, -0.15) is 0 Å². The van der Waals surface area contributed by atoms with Crippen LogP contribution < -0.4 is 0 Å². The van der Waals surface area contributed by atoms with Gasteiger partial charge in [0.1, 0.15) is 0 Å². The summed E-state index contributed by atoms with van der Waals surface area (Å²) < 4.78 is 0. The fourth-order valence-corrected chi connectivity index (χ4v) is 4.59. The molecule has 18 heavy (non-hydrogen) atoms. The summed E-state index contributed by atoms with van der Waals surface area (Å²) in [4.78, 5) is 0. The predicted octanol–water partition coefficient (Wildman–Crippen LogP) is 6.06. The third-order valence-electron chi connectivity index (χ3n) is 6.40. The molecule has 0 aliphatic heterocycles. The Morgan fingerprint density at radius 3 is 1.72 bits per heavy atom. The lowest BCUT2D eigenvalue weighted by molar-refractivity contribution is 0.127. The molecule has 2 saturated carbocycles. The SMILES string of the molecule is CCC1CCC(C2CCC(C(C)CC)CC2)CC1. The van der Waals surface area contributed by atoms with Crippen molar-refractivity contribution >= 4 is 0 Å². The molecule has 2 aliphatic carbocycles. The second-order valence-corrected chi connectivity index (χ2v) is 7.25. The van der Waals surface area contributed by atoms with Crippen LogP contribution in [0.25, 0.3) is 0 Å². The van der Waals surface area contributed by atoms with Crippen LogP contribution in [0.1, 0.15) is 85.0 Å². The fourth-order valence-electron chi connectivity index (χ4n) is 4.59. The summed E-state index contributed by atoms with van der Waals surface area (Å²) in [5.41, 5.74) is 0. The highest BCUT2D eigenvalue weighted by Crippen LogP contribution is 2.43. The normalized spacial score (nSPS) is 39.5. The topological polar surface area (TPSA) is 0 Å². The van der Waals surface area contributed by atoms with E-state index in [1.807, 2.05) is 0 Å². The number of hydrogen-bond donors (Lipinski definition) is 0. The van der Waals surface area contributed by atoms with Gasteiger partial charge in [0.25, 0.3) is 0 Å². The summed E-state index contributed by atoms with van der Waals surface area (Å²) in [5.74, 6) is 5.30. The van der Waals surface area contributed by atoms with Gasteiger partial charge in [0, 0.05) is 0 Å². The van der Waals surface area contributed by atoms with Crippen molar-refractivity contribution in [2.45, 2.75) is 85.0 Å². The van der Waals surface area contributed by atoms with Crippen LogP contribution in [-0.2, 0) is 0 Å². The van der Waals surface area contributed by atoms with E-state index >= 15 is 0 Å². The molecular weight excluding hydrogens is 216 g/mol. The monoisotopic (exact) mass is 250 g/mol. The first-order valence-electron chi connectivity index (χ1n) is 8.74. The second-order valence-electron chi connectivity index (χ2n) is 7.25. The summed E-state index contributed by atoms with van der Waals surface area (Å²) >= 11 is 0. The van der Waals surface area contributed by atoms with Crippen LogP contribution in [0.2, 0.25) is 0 Å². The van der Waals surface area contributed by atoms with Crippen LogP contribution in [0, 0.1) is 29.6 Å². The largest absolute Gasteiger partial charge is 0.0651 e. The lowest BCUT2D eigenvalue weighted by Crippen LogP contribution is -2.27. The highest BCUT2D eigenvalue weighted by Gasteiger charge is 2.31. The maximum Gasteiger partial charge on any atom is -0.0386 e. The van der Waals surface area contributed by atoms with Crippen LogP contribution in [0.4, 0.5) is 0 Å². The molecule has 1 unspecified atom stereocenters. The Hall–Kier alpha value is 0. The van der Waals surface area contributed by atoms with Crippen molar-refractivity contribution in [2.24, 2.45) is 29.6 Å². The molecule has 0 aromatic heterocycles. The molecule has 0 heterocycles. The van der Waals surface area contributed by atoms with Crippen molar-refractivity contribution in [3.63, 3.8) is 0 Å². The van der Waals surface area contributed by atoms with E-state index < -0.39 is 0 Å². The molecule has 0 saturated heterocycles. The van der Waals surface area contributed by atoms with Crippen molar-refractivity contribution in [2.75, 3.05) is 0 Å². The van der Waals surface area contributed by atoms with Crippen LogP contribution >= 0.6 is 0 Å². The van der Waals surface area contributed by atoms with E-state index in [1.54, 1.807) is 25.7 Å². The van der Waals surface area contributed by atoms with Gasteiger partial charge in [0.2, 0.25) is 0 Å². The highest BCUT2D eigenvalue weighted by atomic mass is 14.4. The third kappa shape index (κ3) is 3.52. The zero-order chi connectivity index (χ0) is 13.0. The van der Waals surface area contributed by atoms with Crippen LogP contribution in [0.5, 0.6) is 0 Å². The van der Waals surface area contributed by atoms with Crippen molar-refractivity contribution in [1.82, 2.24) is 0 Å². The van der Waals surface area contributed by atoms with Crippen molar-refractivity contribution in [3.05, 3.63) is 0 Å². The van der Waals surface area contributed by atoms with Gasteiger partial charge in [-0.3, -0.25) is 0 Å². The Morgan fingerprint density at radius 2 is 1.28 bits per heavy atom. The van der Waals surface area contributed by atoms with Gasteiger partial charge >= 0.3 is 0 Å². The zero-order valence-corrected chi connectivity index (χ0v) is 13.0. The molecule has 0 amide bonds. The van der Waals surface area contributed by atoms with Gasteiger partial charge in [-0.15, -0.1) is 0 Å². The molecule has 0 nitrogen and oxygen atoms in total. The standard InChI is InChI=1S/C18H34/c1-4-14(3)16-10-12-18(13-11-16)17-8-6-15(5-2)7-9-17/h14-18H,4-13H2,1-3H3. The van der Waals surface area contributed by atoms with Crippen LogP contribution in [-0.4, -0.2) is 0 Å². The lowest BCUT2D eigenvalue weighted by atomic mass is 9.67. The molecule has 0 heteroatoms. The summed E-state index contributed by atoms with van der Waals surface area (Å²) in [7, 11) is 0. The Morgan fingerprint density at radius 1 is 0.778 bits per heavy atom. The Kier molecular flexibility index (Phi) is 5.57. The van der Waals surface area contributed by atoms with Crippen molar-refractivity contribution in [3.8, 4) is 0 Å². The van der Waals surface area contributed by atoms with E-state index in [-0.39, 0.29) is 0 Å². The van der Waals surface area contributed by atoms with Crippen molar-refractivity contribution in [1.29, 1.82) is 0 Å². The summed E-state index contributed by atoms with van der Waals surface area (Å²) in [6, 6.07) is 0. The van der Waals surface area contributed by atoms with Gasteiger partial charge in [-0.1, -0.05) is 46.5 Å². The third-order valence-corrected chi connectivity index (χ3v) is 6.40. The molecule has 0 radical (unpaired) electrons. The molecule has 106 valence electrons. The molecule has 0 bridgehead atoms. The molecule has 0 N–H and O–H groups in total. The first-order valence-corrected chi connectivity index (χ1v) is 8.74. The van der Waals surface area contributed by atoms with E-state index in [0.717, 1.165) is 29.6 Å². The molecule has 0 spiro atoms. The summed E-state index contributed by atoms with van der Waals surface area (Å²) in [6.45, 7) is 7.21. The van der Waals surface area contributed by atoms with E-state index in [1.165, 1.54) is 38.5 Å². The van der Waals surface area contributed by atoms with Gasteiger partial charge in [0.05, 0.1) is 0 Å².